The van der Waals surface area contributed by atoms with Gasteiger partial charge < -0.3 is 26.2 Å². The maximum absolute atomic E-state index is 11.9. The van der Waals surface area contributed by atoms with Crippen LogP contribution < -0.4 is 17.0 Å². The van der Waals surface area contributed by atoms with Gasteiger partial charge in [0.1, 0.15) is 0 Å². The summed E-state index contributed by atoms with van der Waals surface area (Å²) in [4.78, 5) is 17.3. The number of aryl methyl sites for hydroxylation is 1. The third kappa shape index (κ3) is 5.50. The molecular weight excluding hydrogens is 340 g/mol. The lowest BCUT2D eigenvalue weighted by Crippen LogP contribution is -3.00. The Morgan fingerprint density at radius 3 is 2.35 bits per heavy atom. The normalized spacial score (nSPS) is 11.0. The second kappa shape index (κ2) is 9.47. The second-order valence-corrected chi connectivity index (χ2v) is 5.72. The lowest BCUT2D eigenvalue weighted by atomic mass is 10.3. The predicted octanol–water partition coefficient (Wildman–Crippen LogP) is -0.582. The number of hydrogen-bond donors (Lipinski definition) is 0. The number of rotatable bonds is 8. The van der Waals surface area contributed by atoms with Gasteiger partial charge in [0, 0.05) is 11.3 Å². The van der Waals surface area contributed by atoms with Gasteiger partial charge in [-0.05, 0) is 27.7 Å². The monoisotopic (exact) mass is 364 g/mol. The minimum Gasteiger partial charge on any atom is -1.00 e. The fourth-order valence-electron chi connectivity index (χ4n) is 2.15. The van der Waals surface area contributed by atoms with Crippen molar-refractivity contribution in [2.24, 2.45) is 0 Å². The van der Waals surface area contributed by atoms with Crippen LogP contribution in [0.5, 0.6) is 0 Å². The van der Waals surface area contributed by atoms with Crippen LogP contribution in [0.2, 0.25) is 0 Å². The highest BCUT2D eigenvalue weighted by Gasteiger charge is 2.25. The number of thiazole rings is 1. The molecule has 1 rings (SSSR count). The van der Waals surface area contributed by atoms with Crippen molar-refractivity contribution in [3.63, 3.8) is 0 Å². The van der Waals surface area contributed by atoms with E-state index in [1.54, 1.807) is 11.3 Å². The van der Waals surface area contributed by atoms with Gasteiger partial charge in [-0.1, -0.05) is 0 Å². The first-order valence-corrected chi connectivity index (χ1v) is 7.84. The van der Waals surface area contributed by atoms with E-state index >= 15 is 0 Å². The number of quaternary nitrogens is 1. The molecule has 0 saturated heterocycles. The van der Waals surface area contributed by atoms with E-state index in [2.05, 4.69) is 25.8 Å². The van der Waals surface area contributed by atoms with Crippen LogP contribution in [0.25, 0.3) is 0 Å². The number of hydrogen-bond acceptors (Lipinski definition) is 4. The fourth-order valence-corrected chi connectivity index (χ4v) is 2.91. The number of esters is 1. The van der Waals surface area contributed by atoms with Gasteiger partial charge in [0.15, 0.2) is 6.54 Å². The van der Waals surface area contributed by atoms with Crippen LogP contribution in [-0.4, -0.2) is 48.2 Å². The van der Waals surface area contributed by atoms with Crippen molar-refractivity contribution in [3.05, 3.63) is 16.1 Å². The summed E-state index contributed by atoms with van der Waals surface area (Å²) in [5, 5.41) is 0. The molecule has 1 aromatic rings. The van der Waals surface area contributed by atoms with Gasteiger partial charge in [0.2, 0.25) is 0 Å². The highest BCUT2D eigenvalue weighted by atomic mass is 79.9. The minimum absolute atomic E-state index is 0. The number of carbonyl (C=O) groups is 1. The average Bonchev–Trinajstić information content (AvgIpc) is 2.82. The molecule has 6 heteroatoms. The third-order valence-corrected chi connectivity index (χ3v) is 4.91. The number of ether oxygens (including phenoxy) is 1. The summed E-state index contributed by atoms with van der Waals surface area (Å²) < 4.78 is 6.16. The van der Waals surface area contributed by atoms with Crippen molar-refractivity contribution in [2.45, 2.75) is 34.1 Å². The van der Waals surface area contributed by atoms with Crippen LogP contribution in [0, 0.1) is 6.92 Å². The van der Waals surface area contributed by atoms with Crippen molar-refractivity contribution in [1.29, 1.82) is 0 Å². The quantitative estimate of drug-likeness (QED) is 0.457. The van der Waals surface area contributed by atoms with Crippen LogP contribution in [0.4, 0.5) is 0 Å². The van der Waals surface area contributed by atoms with Crippen LogP contribution >= 0.6 is 11.3 Å². The van der Waals surface area contributed by atoms with Crippen molar-refractivity contribution < 1.29 is 31.0 Å². The summed E-state index contributed by atoms with van der Waals surface area (Å²) in [6.07, 6.45) is 0.770. The molecule has 20 heavy (non-hydrogen) atoms. The summed E-state index contributed by atoms with van der Waals surface area (Å²) in [7, 11) is 0. The Hall–Kier alpha value is -0.460. The molecule has 0 spiro atoms. The molecule has 0 N–H and O–H groups in total. The molecule has 0 aromatic carbocycles. The van der Waals surface area contributed by atoms with E-state index in [-0.39, 0.29) is 23.0 Å². The van der Waals surface area contributed by atoms with Crippen molar-refractivity contribution in [1.82, 2.24) is 4.98 Å². The molecule has 0 unspecified atom stereocenters. The Morgan fingerprint density at radius 2 is 1.90 bits per heavy atom. The van der Waals surface area contributed by atoms with Crippen LogP contribution in [0.15, 0.2) is 5.51 Å². The molecule has 0 radical (unpaired) electrons. The SMILES string of the molecule is CC[N+](CC)(CC)CC(=O)OCCc1scnc1C.[Br-]. The smallest absolute Gasteiger partial charge is 0.361 e. The van der Waals surface area contributed by atoms with Crippen LogP contribution in [0.3, 0.4) is 0 Å². The Morgan fingerprint density at radius 1 is 1.30 bits per heavy atom. The molecule has 0 aliphatic rings. The molecule has 1 heterocycles. The molecule has 0 saturated carbocycles. The van der Waals surface area contributed by atoms with Gasteiger partial charge in [0.25, 0.3) is 0 Å². The van der Waals surface area contributed by atoms with E-state index in [4.69, 9.17) is 4.74 Å². The van der Waals surface area contributed by atoms with Crippen molar-refractivity contribution >= 4 is 17.3 Å². The second-order valence-electron chi connectivity index (χ2n) is 4.78. The van der Waals surface area contributed by atoms with Gasteiger partial charge in [-0.2, -0.15) is 0 Å². The minimum atomic E-state index is -0.0901. The van der Waals surface area contributed by atoms with E-state index in [9.17, 15) is 4.79 Å². The summed E-state index contributed by atoms with van der Waals surface area (Å²) >= 11 is 1.62. The summed E-state index contributed by atoms with van der Waals surface area (Å²) in [6.45, 7) is 12.2. The summed E-state index contributed by atoms with van der Waals surface area (Å²) in [6, 6.07) is 0. The van der Waals surface area contributed by atoms with Gasteiger partial charge >= 0.3 is 5.97 Å². The number of likely N-dealkylation sites (N-methyl/N-ethyl adjacent to an activating group) is 1. The molecule has 0 atom stereocenters. The maximum Gasteiger partial charge on any atom is 0.361 e. The van der Waals surface area contributed by atoms with Crippen LogP contribution in [-0.2, 0) is 16.0 Å². The molecule has 0 amide bonds. The van der Waals surface area contributed by atoms with E-state index in [1.807, 2.05) is 12.4 Å². The molecule has 0 fully saturated rings. The molecule has 4 nitrogen and oxygen atoms in total. The van der Waals surface area contributed by atoms with E-state index in [0.29, 0.717) is 13.2 Å². The Balaban J connectivity index is 0.00000361. The molecule has 116 valence electrons. The highest BCUT2D eigenvalue weighted by Crippen LogP contribution is 2.13. The summed E-state index contributed by atoms with van der Waals surface area (Å²) in [5.41, 5.74) is 2.88. The highest BCUT2D eigenvalue weighted by molar-refractivity contribution is 7.09. The standard InChI is InChI=1S/C14H25N2O2S.BrH/c1-5-16(6-2,7-3)10-14(17)18-9-8-13-12(4)15-11-19-13;/h11H,5-10H2,1-4H3;1H/q+1;/p-1. The zero-order valence-electron chi connectivity index (χ0n) is 12.8. The fraction of sp³-hybridized carbons (Fsp3) is 0.714. The van der Waals surface area contributed by atoms with Gasteiger partial charge in [-0.25, -0.2) is 9.78 Å². The molecular formula is C14H25BrN2O2S. The van der Waals surface area contributed by atoms with Gasteiger partial charge in [-0.3, -0.25) is 0 Å². The van der Waals surface area contributed by atoms with Crippen LogP contribution in [0.1, 0.15) is 31.3 Å². The van der Waals surface area contributed by atoms with E-state index in [0.717, 1.165) is 36.2 Å². The number of carbonyl (C=O) groups excluding carboxylic acids is 1. The molecule has 0 aliphatic heterocycles. The van der Waals surface area contributed by atoms with E-state index < -0.39 is 0 Å². The van der Waals surface area contributed by atoms with Crippen molar-refractivity contribution in [2.75, 3.05) is 32.8 Å². The number of halogens is 1. The number of aromatic nitrogens is 1. The van der Waals surface area contributed by atoms with Gasteiger partial charge in [-0.15, -0.1) is 11.3 Å². The zero-order chi connectivity index (χ0) is 14.3. The average molecular weight is 365 g/mol. The zero-order valence-corrected chi connectivity index (χ0v) is 15.2. The molecule has 1 aromatic heterocycles. The first-order chi connectivity index (χ1) is 9.06. The Bertz CT molecular complexity index is 397. The lowest BCUT2D eigenvalue weighted by molar-refractivity contribution is -0.916. The topological polar surface area (TPSA) is 39.2 Å². The number of nitrogens with zero attached hydrogens (tertiary/aromatic N) is 2. The predicted molar refractivity (Wildman–Crippen MR) is 78.3 cm³/mol. The third-order valence-electron chi connectivity index (χ3n) is 3.91. The molecule has 0 bridgehead atoms. The van der Waals surface area contributed by atoms with Crippen molar-refractivity contribution in [3.8, 4) is 0 Å². The van der Waals surface area contributed by atoms with E-state index in [1.165, 1.54) is 4.88 Å². The first kappa shape index (κ1) is 19.5. The Kier molecular flexibility index (Phi) is 9.25. The largest absolute Gasteiger partial charge is 1.00 e. The summed E-state index contributed by atoms with van der Waals surface area (Å²) in [5.74, 6) is -0.0901. The van der Waals surface area contributed by atoms with Gasteiger partial charge in [0.05, 0.1) is 37.4 Å². The first-order valence-electron chi connectivity index (χ1n) is 6.96. The Labute approximate surface area is 136 Å². The molecule has 0 aliphatic carbocycles. The lowest BCUT2D eigenvalue weighted by Gasteiger charge is -2.34. The maximum atomic E-state index is 11.9.